The first-order valence-electron chi connectivity index (χ1n) is 16.0. The normalized spacial score (nSPS) is 13.1. The second-order valence-electron chi connectivity index (χ2n) is 11.2. The van der Waals surface area contributed by atoms with Crippen molar-refractivity contribution < 1.29 is 41.5 Å². The molecule has 5 rings (SSSR count). The molecule has 8 nitrogen and oxygen atoms in total. The maximum absolute atomic E-state index is 10.1. The molecule has 2 aromatic carbocycles. The summed E-state index contributed by atoms with van der Waals surface area (Å²) >= 11 is 6.50. The zero-order valence-electron chi connectivity index (χ0n) is 28.0. The Labute approximate surface area is 314 Å². The number of pyridine rings is 2. The van der Waals surface area contributed by atoms with Crippen molar-refractivity contribution in [2.45, 2.75) is 51.9 Å². The van der Waals surface area contributed by atoms with E-state index < -0.39 is 0 Å². The molecule has 1 aliphatic heterocycles. The average Bonchev–Trinajstić information content (AvgIpc) is 3.10. The van der Waals surface area contributed by atoms with Crippen LogP contribution in [0.5, 0.6) is 11.5 Å². The van der Waals surface area contributed by atoms with Crippen LogP contribution in [-0.2, 0) is 50.9 Å². The zero-order valence-corrected chi connectivity index (χ0v) is 31.4. The Kier molecular flexibility index (Phi) is 24.2. The maximum atomic E-state index is 10.1. The predicted molar refractivity (Wildman–Crippen MR) is 193 cm³/mol. The van der Waals surface area contributed by atoms with Gasteiger partial charge in [-0.25, -0.2) is 0 Å². The van der Waals surface area contributed by atoms with Gasteiger partial charge in [-0.15, -0.1) is 0 Å². The molecule has 0 amide bonds. The number of hydrogen-bond acceptors (Lipinski definition) is 8. The van der Waals surface area contributed by atoms with Crippen LogP contribution >= 0.6 is 14.1 Å². The number of hydrogen-bond donors (Lipinski definition) is 4. The second-order valence-corrected chi connectivity index (χ2v) is 11.2. The number of aromatic hydroxyl groups is 2. The number of aromatic nitrogens is 2. The molecule has 48 heavy (non-hydrogen) atoms. The number of piperazine rings is 1. The van der Waals surface area contributed by atoms with E-state index in [-0.39, 0.29) is 30.5 Å². The fraction of sp³-hybridized carbons (Fsp3) is 0.378. The summed E-state index contributed by atoms with van der Waals surface area (Å²) in [6, 6.07) is 27.2. The van der Waals surface area contributed by atoms with Crippen LogP contribution in [0.15, 0.2) is 97.3 Å². The van der Waals surface area contributed by atoms with Crippen LogP contribution < -0.4 is 10.6 Å². The van der Waals surface area contributed by atoms with Crippen LogP contribution in [0.3, 0.4) is 0 Å². The van der Waals surface area contributed by atoms with Crippen molar-refractivity contribution in [3.05, 3.63) is 127 Å². The molecule has 4 N–H and O–H groups in total. The molecule has 11 heteroatoms. The van der Waals surface area contributed by atoms with Crippen LogP contribution in [0.25, 0.3) is 0 Å². The van der Waals surface area contributed by atoms with Crippen molar-refractivity contribution in [3.63, 3.8) is 0 Å². The number of phenolic OH excluding ortho intramolecular Hbond substituents is 2. The van der Waals surface area contributed by atoms with Crippen LogP contribution in [0.2, 0.25) is 0 Å². The van der Waals surface area contributed by atoms with E-state index in [9.17, 15) is 10.2 Å². The molecule has 1 unspecified atom stereocenters. The van der Waals surface area contributed by atoms with Gasteiger partial charge in [0.05, 0.1) is 11.4 Å². The number of phenols is 2. The molecule has 1 atom stereocenters. The van der Waals surface area contributed by atoms with Gasteiger partial charge < -0.3 is 28.3 Å². The van der Waals surface area contributed by atoms with E-state index in [2.05, 4.69) is 65.6 Å². The van der Waals surface area contributed by atoms with Crippen LogP contribution in [0.4, 0.5) is 0 Å². The van der Waals surface area contributed by atoms with Crippen molar-refractivity contribution >= 4 is 14.1 Å². The Morgan fingerprint density at radius 1 is 0.833 bits per heavy atom. The number of rotatable bonds is 14. The molecule has 3 heterocycles. The number of unbranched alkanes of at least 4 members (excludes halogenated alkanes) is 1. The van der Waals surface area contributed by atoms with E-state index in [0.717, 1.165) is 68.2 Å². The van der Waals surface area contributed by atoms with Crippen molar-refractivity contribution in [3.8, 4) is 11.5 Å². The average molecular weight is 819 g/mol. The van der Waals surface area contributed by atoms with Crippen molar-refractivity contribution in [2.75, 3.05) is 39.3 Å². The number of para-hydroxylation sites is 2. The molecule has 4 aromatic rings. The van der Waals surface area contributed by atoms with Gasteiger partial charge in [-0.3, -0.25) is 19.8 Å². The summed E-state index contributed by atoms with van der Waals surface area (Å²) in [4.78, 5) is 13.5. The van der Waals surface area contributed by atoms with Gasteiger partial charge in [0.1, 0.15) is 11.5 Å². The van der Waals surface area contributed by atoms with Crippen LogP contribution in [-0.4, -0.2) is 69.2 Å². The van der Waals surface area contributed by atoms with Crippen LogP contribution in [0, 0.1) is 7.43 Å². The number of halogens is 1. The van der Waals surface area contributed by atoms with Gasteiger partial charge in [0.15, 0.2) is 0 Å². The second kappa shape index (κ2) is 26.6. The summed E-state index contributed by atoms with van der Waals surface area (Å²) < 4.78 is 0. The molecule has 0 bridgehead atoms. The van der Waals surface area contributed by atoms with E-state index in [1.165, 1.54) is 12.8 Å². The first-order valence-corrected chi connectivity index (χ1v) is 18.3. The molecule has 0 aliphatic carbocycles. The van der Waals surface area contributed by atoms with Gasteiger partial charge in [0.2, 0.25) is 0 Å². The van der Waals surface area contributed by atoms with Gasteiger partial charge in [0, 0.05) is 88.5 Å². The molecule has 1 saturated heterocycles. The summed E-state index contributed by atoms with van der Waals surface area (Å²) in [5.74, 6) is 0.729. The Hall–Kier alpha value is -2.30. The fourth-order valence-corrected chi connectivity index (χ4v) is 5.38. The molecule has 1 aliphatic rings. The molecule has 269 valence electrons. The van der Waals surface area contributed by atoms with E-state index in [4.69, 9.17) is 0 Å². The molecule has 0 saturated carbocycles. The molecule has 1 radical (unpaired) electrons. The van der Waals surface area contributed by atoms with Crippen molar-refractivity contribution in [1.82, 2.24) is 30.4 Å². The fourth-order valence-electron chi connectivity index (χ4n) is 5.38. The standard InChI is InChI=1S/C19H19N3O.C17H29N3O.CH3.BrH.2Cu/c23-19-10-2-1-7-16(19)13-22(14-17-8-3-5-11-20-17)15-18-9-4-6-12-21-18;1-2-3-7-16(15-6-4-5-8-17(15)21)19-11-14-20-12-9-18-10-13-20;;;;/h1-12,23H,13-15H2;4-6,8,16,18-19,21H,2-3,7,9-14H2,1H3;1H3;1H;;/q;;-1;;+1;+2/p-1. The Morgan fingerprint density at radius 2 is 1.40 bits per heavy atom. The predicted octanol–water partition coefficient (Wildman–Crippen LogP) is 6.79. The van der Waals surface area contributed by atoms with Crippen molar-refractivity contribution in [1.29, 1.82) is 0 Å². The van der Waals surface area contributed by atoms with Gasteiger partial charge in [-0.05, 0) is 42.8 Å². The minimum atomic E-state index is 0. The summed E-state index contributed by atoms with van der Waals surface area (Å²) in [5, 5.41) is 27.1. The van der Waals surface area contributed by atoms with Gasteiger partial charge in [0.25, 0.3) is 0 Å². The number of nitrogens with zero attached hydrogens (tertiary/aromatic N) is 4. The summed E-state index contributed by atoms with van der Waals surface area (Å²) in [6.07, 6.45) is 7.04. The minimum absolute atomic E-state index is 0. The van der Waals surface area contributed by atoms with Gasteiger partial charge in [-0.2, -0.15) is 0 Å². The first-order chi connectivity index (χ1) is 22.6. The molecular weight excluding hydrogens is 767 g/mol. The monoisotopic (exact) mass is 816 g/mol. The third-order valence-corrected chi connectivity index (χ3v) is 7.80. The quantitative estimate of drug-likeness (QED) is 0.0817. The Bertz CT molecular complexity index is 1310. The summed E-state index contributed by atoms with van der Waals surface area (Å²) in [6.45, 7) is 10.8. The molecule has 1 fully saturated rings. The Morgan fingerprint density at radius 3 is 1.94 bits per heavy atom. The van der Waals surface area contributed by atoms with Gasteiger partial charge in [-0.1, -0.05) is 68.3 Å². The summed E-state index contributed by atoms with van der Waals surface area (Å²) in [7, 11) is 0. The molecule has 0 spiro atoms. The zero-order chi connectivity index (χ0) is 32.8. The van der Waals surface area contributed by atoms with Crippen molar-refractivity contribution in [2.24, 2.45) is 0 Å². The van der Waals surface area contributed by atoms with E-state index >= 15 is 0 Å². The third kappa shape index (κ3) is 16.4. The number of nitrogens with one attached hydrogen (secondary N) is 2. The van der Waals surface area contributed by atoms with E-state index in [1.807, 2.05) is 72.8 Å². The summed E-state index contributed by atoms with van der Waals surface area (Å²) in [5.41, 5.74) is 3.93. The molecular formula is C37H51BrCu2N6O2+. The van der Waals surface area contributed by atoms with E-state index in [0.29, 0.717) is 31.1 Å². The first kappa shape index (κ1) is 43.7. The third-order valence-electron chi connectivity index (χ3n) is 7.80. The SMILES string of the molecule is CCCCC(NCCN1CCNCC1)c1ccccc1O.Oc1ccccc1CN(Cc1ccccn1)Cc1ccccn1.[CH3-].[Cu+2].[Cu][Br]. The van der Waals surface area contributed by atoms with Crippen LogP contribution in [0.1, 0.15) is 54.7 Å². The van der Waals surface area contributed by atoms with Gasteiger partial charge >= 0.3 is 45.4 Å². The topological polar surface area (TPSA) is 96.8 Å². The number of benzene rings is 2. The molecule has 2 aromatic heterocycles. The van der Waals surface area contributed by atoms with E-state index in [1.54, 1.807) is 24.5 Å². The Balaban J connectivity index is 0.000000441.